The fraction of sp³-hybridized carbons (Fsp3) is 0.545. The average Bonchev–Trinajstić information content (AvgIpc) is 2.38. The molecule has 1 unspecified atom stereocenters. The first-order valence-electron chi connectivity index (χ1n) is 5.49. The molecule has 1 aromatic rings. The minimum atomic E-state index is 0.474. The van der Waals surface area contributed by atoms with E-state index in [0.717, 1.165) is 19.5 Å². The average molecular weight is 217 g/mol. The van der Waals surface area contributed by atoms with Gasteiger partial charge in [0, 0.05) is 19.1 Å². The van der Waals surface area contributed by atoms with Crippen LogP contribution in [0.1, 0.15) is 18.4 Å². The van der Waals surface area contributed by atoms with Crippen molar-refractivity contribution in [1.82, 2.24) is 15.5 Å². The van der Waals surface area contributed by atoms with Gasteiger partial charge in [0.25, 0.3) is 0 Å². The zero-order chi connectivity index (χ0) is 11.4. The molecule has 5 nitrogen and oxygen atoms in total. The Hall–Kier alpha value is -1.67. The van der Waals surface area contributed by atoms with Crippen LogP contribution < -0.4 is 10.2 Å². The van der Waals surface area contributed by atoms with Gasteiger partial charge in [-0.2, -0.15) is 10.4 Å². The van der Waals surface area contributed by atoms with Crippen molar-refractivity contribution in [3.05, 3.63) is 17.8 Å². The Morgan fingerprint density at radius 1 is 1.62 bits per heavy atom. The minimum absolute atomic E-state index is 0.474. The Bertz CT molecular complexity index is 398. The molecule has 0 spiro atoms. The molecule has 1 aromatic heterocycles. The van der Waals surface area contributed by atoms with Crippen molar-refractivity contribution in [3.8, 4) is 6.07 Å². The Balaban J connectivity index is 2.20. The second-order valence-electron chi connectivity index (χ2n) is 3.95. The van der Waals surface area contributed by atoms with Gasteiger partial charge >= 0.3 is 0 Å². The molecule has 0 amide bonds. The minimum Gasteiger partial charge on any atom is -0.352 e. The number of nitrogens with zero attached hydrogens (tertiary/aromatic N) is 4. The van der Waals surface area contributed by atoms with Crippen molar-refractivity contribution >= 4 is 5.82 Å². The van der Waals surface area contributed by atoms with E-state index in [1.807, 2.05) is 7.05 Å². The van der Waals surface area contributed by atoms with Gasteiger partial charge in [-0.05, 0) is 26.0 Å². The van der Waals surface area contributed by atoms with Crippen LogP contribution in [0.5, 0.6) is 0 Å². The Kier molecular flexibility index (Phi) is 3.32. The van der Waals surface area contributed by atoms with Gasteiger partial charge in [0.1, 0.15) is 6.07 Å². The number of hydrogen-bond acceptors (Lipinski definition) is 5. The SMILES string of the molecule is CNC1CCCN(c2nnccc2C#N)C1. The fourth-order valence-electron chi connectivity index (χ4n) is 2.05. The van der Waals surface area contributed by atoms with Crippen LogP contribution in [-0.2, 0) is 0 Å². The topological polar surface area (TPSA) is 64.8 Å². The largest absolute Gasteiger partial charge is 0.352 e. The molecule has 1 saturated heterocycles. The first kappa shape index (κ1) is 10.8. The maximum atomic E-state index is 9.01. The first-order valence-corrected chi connectivity index (χ1v) is 5.49. The van der Waals surface area contributed by atoms with Crippen LogP contribution in [0.4, 0.5) is 5.82 Å². The van der Waals surface area contributed by atoms with E-state index in [-0.39, 0.29) is 0 Å². The predicted octanol–water partition coefficient (Wildman–Crippen LogP) is 0.536. The zero-order valence-electron chi connectivity index (χ0n) is 9.35. The monoisotopic (exact) mass is 217 g/mol. The second kappa shape index (κ2) is 4.90. The number of anilines is 1. The van der Waals surface area contributed by atoms with Gasteiger partial charge < -0.3 is 10.2 Å². The van der Waals surface area contributed by atoms with Gasteiger partial charge in [-0.15, -0.1) is 5.10 Å². The summed E-state index contributed by atoms with van der Waals surface area (Å²) in [6.45, 7) is 1.84. The summed E-state index contributed by atoms with van der Waals surface area (Å²) >= 11 is 0. The third kappa shape index (κ3) is 2.12. The summed E-state index contributed by atoms with van der Waals surface area (Å²) in [7, 11) is 1.97. The molecule has 84 valence electrons. The smallest absolute Gasteiger partial charge is 0.169 e. The van der Waals surface area contributed by atoms with Crippen molar-refractivity contribution in [2.24, 2.45) is 0 Å². The van der Waals surface area contributed by atoms with E-state index in [1.165, 1.54) is 6.42 Å². The van der Waals surface area contributed by atoms with Crippen molar-refractivity contribution in [2.45, 2.75) is 18.9 Å². The van der Waals surface area contributed by atoms with E-state index in [9.17, 15) is 0 Å². The van der Waals surface area contributed by atoms with Crippen LogP contribution in [0.2, 0.25) is 0 Å². The molecule has 1 fully saturated rings. The summed E-state index contributed by atoms with van der Waals surface area (Å²) in [5.41, 5.74) is 0.603. The lowest BCUT2D eigenvalue weighted by Gasteiger charge is -2.33. The lowest BCUT2D eigenvalue weighted by molar-refractivity contribution is 0.446. The molecule has 0 radical (unpaired) electrons. The highest BCUT2D eigenvalue weighted by molar-refractivity contribution is 5.52. The molecule has 2 rings (SSSR count). The second-order valence-corrected chi connectivity index (χ2v) is 3.95. The molecular formula is C11H15N5. The van der Waals surface area contributed by atoms with E-state index in [2.05, 4.69) is 26.5 Å². The van der Waals surface area contributed by atoms with E-state index in [0.29, 0.717) is 17.4 Å². The van der Waals surface area contributed by atoms with E-state index in [4.69, 9.17) is 5.26 Å². The summed E-state index contributed by atoms with van der Waals surface area (Å²) in [4.78, 5) is 2.14. The molecule has 1 aliphatic heterocycles. The van der Waals surface area contributed by atoms with Crippen LogP contribution in [0.15, 0.2) is 12.3 Å². The highest BCUT2D eigenvalue weighted by Crippen LogP contribution is 2.20. The van der Waals surface area contributed by atoms with Crippen molar-refractivity contribution in [1.29, 1.82) is 5.26 Å². The fourth-order valence-corrected chi connectivity index (χ4v) is 2.05. The molecule has 1 atom stereocenters. The molecule has 0 aromatic carbocycles. The highest BCUT2D eigenvalue weighted by Gasteiger charge is 2.21. The molecular weight excluding hydrogens is 202 g/mol. The molecule has 0 saturated carbocycles. The van der Waals surface area contributed by atoms with E-state index >= 15 is 0 Å². The molecule has 1 N–H and O–H groups in total. The van der Waals surface area contributed by atoms with Gasteiger partial charge in [0.05, 0.1) is 11.8 Å². The Morgan fingerprint density at radius 2 is 2.50 bits per heavy atom. The third-order valence-corrected chi connectivity index (χ3v) is 2.95. The summed E-state index contributed by atoms with van der Waals surface area (Å²) < 4.78 is 0. The van der Waals surface area contributed by atoms with Crippen LogP contribution >= 0.6 is 0 Å². The standard InChI is InChI=1S/C11H15N5/c1-13-10-3-2-6-16(8-10)11-9(7-12)4-5-14-15-11/h4-5,10,13H,2-3,6,8H2,1H3. The zero-order valence-corrected chi connectivity index (χ0v) is 9.35. The van der Waals surface area contributed by atoms with E-state index < -0.39 is 0 Å². The molecule has 0 aliphatic carbocycles. The number of aromatic nitrogens is 2. The summed E-state index contributed by atoms with van der Waals surface area (Å²) in [6.07, 6.45) is 3.85. The van der Waals surface area contributed by atoms with Crippen molar-refractivity contribution < 1.29 is 0 Å². The number of hydrogen-bond donors (Lipinski definition) is 1. The summed E-state index contributed by atoms with van der Waals surface area (Å²) in [5, 5.41) is 20.2. The highest BCUT2D eigenvalue weighted by atomic mass is 15.3. The van der Waals surface area contributed by atoms with Gasteiger partial charge in [-0.3, -0.25) is 0 Å². The molecule has 2 heterocycles. The number of likely N-dealkylation sites (N-methyl/N-ethyl adjacent to an activating group) is 1. The molecule has 16 heavy (non-hydrogen) atoms. The van der Waals surface area contributed by atoms with E-state index in [1.54, 1.807) is 12.3 Å². The molecule has 0 bridgehead atoms. The lowest BCUT2D eigenvalue weighted by atomic mass is 10.1. The Labute approximate surface area is 95.1 Å². The van der Waals surface area contributed by atoms with Gasteiger partial charge in [0.2, 0.25) is 0 Å². The third-order valence-electron chi connectivity index (χ3n) is 2.95. The number of piperidine rings is 1. The number of rotatable bonds is 2. The van der Waals surface area contributed by atoms with Gasteiger partial charge in [-0.25, -0.2) is 0 Å². The number of nitrogens with one attached hydrogen (secondary N) is 1. The van der Waals surface area contributed by atoms with Crippen LogP contribution in [0.25, 0.3) is 0 Å². The maximum absolute atomic E-state index is 9.01. The van der Waals surface area contributed by atoms with Gasteiger partial charge in [0.15, 0.2) is 5.82 Å². The van der Waals surface area contributed by atoms with Gasteiger partial charge in [-0.1, -0.05) is 0 Å². The normalized spacial score (nSPS) is 20.5. The Morgan fingerprint density at radius 3 is 3.25 bits per heavy atom. The van der Waals surface area contributed by atoms with Crippen LogP contribution in [-0.4, -0.2) is 36.4 Å². The number of nitriles is 1. The summed E-state index contributed by atoms with van der Waals surface area (Å²) in [5.74, 6) is 0.713. The first-order chi connectivity index (χ1) is 7.85. The molecule has 1 aliphatic rings. The van der Waals surface area contributed by atoms with Crippen LogP contribution in [0, 0.1) is 11.3 Å². The lowest BCUT2D eigenvalue weighted by Crippen LogP contribution is -2.45. The predicted molar refractivity (Wildman–Crippen MR) is 61.0 cm³/mol. The quantitative estimate of drug-likeness (QED) is 0.783. The summed E-state index contributed by atoms with van der Waals surface area (Å²) in [6, 6.07) is 4.35. The van der Waals surface area contributed by atoms with Crippen LogP contribution in [0.3, 0.4) is 0 Å². The molecule has 5 heteroatoms. The van der Waals surface area contributed by atoms with Crippen molar-refractivity contribution in [2.75, 3.05) is 25.0 Å². The van der Waals surface area contributed by atoms with Crippen molar-refractivity contribution in [3.63, 3.8) is 0 Å². The maximum Gasteiger partial charge on any atom is 0.169 e.